The average Bonchev–Trinajstić information content (AvgIpc) is 3.15. The van der Waals surface area contributed by atoms with Crippen LogP contribution in [0.15, 0.2) is 65.7 Å². The van der Waals surface area contributed by atoms with Crippen LogP contribution >= 0.6 is 11.8 Å². The molecule has 0 saturated carbocycles. The molecule has 168 valence electrons. The number of fused-ring (bicyclic) bond motifs is 1. The molecule has 6 nitrogen and oxygen atoms in total. The van der Waals surface area contributed by atoms with Crippen molar-refractivity contribution in [2.75, 3.05) is 18.0 Å². The number of hydrogen-bond acceptors (Lipinski definition) is 4. The normalized spacial score (nSPS) is 18.4. The Bertz CT molecular complexity index is 1240. The van der Waals surface area contributed by atoms with Crippen LogP contribution in [0, 0.1) is 0 Å². The van der Waals surface area contributed by atoms with Gasteiger partial charge in [0.05, 0.1) is 10.6 Å². The number of amides is 3. The lowest BCUT2D eigenvalue weighted by Crippen LogP contribution is -2.34. The number of anilines is 1. The summed E-state index contributed by atoms with van der Waals surface area (Å²) < 4.78 is 1.95. The van der Waals surface area contributed by atoms with Crippen molar-refractivity contribution >= 4 is 51.5 Å². The Morgan fingerprint density at radius 3 is 2.36 bits per heavy atom. The molecule has 2 aliphatic rings. The van der Waals surface area contributed by atoms with Crippen molar-refractivity contribution in [1.82, 2.24) is 9.47 Å². The zero-order valence-electron chi connectivity index (χ0n) is 18.3. The molecule has 2 aromatic carbocycles. The fraction of sp³-hybridized carbons (Fsp3) is 0.269. The second kappa shape index (κ2) is 9.27. The van der Waals surface area contributed by atoms with Gasteiger partial charge in [-0.25, -0.2) is 4.90 Å². The van der Waals surface area contributed by atoms with Crippen molar-refractivity contribution in [3.8, 4) is 0 Å². The van der Waals surface area contributed by atoms with Crippen molar-refractivity contribution < 1.29 is 14.4 Å². The molecule has 0 unspecified atom stereocenters. The van der Waals surface area contributed by atoms with Gasteiger partial charge in [-0.2, -0.15) is 0 Å². The van der Waals surface area contributed by atoms with Crippen LogP contribution in [0.2, 0.25) is 0 Å². The van der Waals surface area contributed by atoms with Crippen molar-refractivity contribution in [3.63, 3.8) is 0 Å². The molecule has 0 aliphatic carbocycles. The molecular weight excluding hydrogens is 434 g/mol. The summed E-state index contributed by atoms with van der Waals surface area (Å²) in [4.78, 5) is 42.1. The third-order valence-corrected chi connectivity index (χ3v) is 7.05. The summed E-state index contributed by atoms with van der Waals surface area (Å²) in [5.41, 5.74) is 2.33. The molecule has 3 amide bonds. The number of thioether (sulfide) groups is 1. The lowest BCUT2D eigenvalue weighted by Gasteiger charge is -2.20. The molecule has 0 spiro atoms. The Labute approximate surface area is 196 Å². The van der Waals surface area contributed by atoms with Crippen LogP contribution in [-0.4, -0.2) is 39.6 Å². The second-order valence-electron chi connectivity index (χ2n) is 8.38. The molecule has 2 fully saturated rings. The van der Waals surface area contributed by atoms with Crippen molar-refractivity contribution in [1.29, 1.82) is 0 Å². The lowest BCUT2D eigenvalue weighted by molar-refractivity contribution is -0.131. The van der Waals surface area contributed by atoms with E-state index in [1.807, 2.05) is 46.0 Å². The van der Waals surface area contributed by atoms with E-state index in [4.69, 9.17) is 0 Å². The van der Waals surface area contributed by atoms with E-state index >= 15 is 0 Å². The van der Waals surface area contributed by atoms with Crippen LogP contribution in [0.3, 0.4) is 0 Å². The molecule has 5 rings (SSSR count). The summed E-state index contributed by atoms with van der Waals surface area (Å²) in [6.45, 7) is 1.90. The summed E-state index contributed by atoms with van der Waals surface area (Å²) >= 11 is 0.942. The third-order valence-electron chi connectivity index (χ3n) is 6.18. The largest absolute Gasteiger partial charge is 0.341 e. The van der Waals surface area contributed by atoms with E-state index in [1.54, 1.807) is 30.3 Å². The van der Waals surface area contributed by atoms with E-state index in [1.165, 1.54) is 17.7 Å². The van der Waals surface area contributed by atoms with Crippen molar-refractivity contribution in [2.24, 2.45) is 0 Å². The molecule has 0 radical (unpaired) electrons. The van der Waals surface area contributed by atoms with E-state index in [0.717, 1.165) is 54.2 Å². The number of imide groups is 1. The Morgan fingerprint density at radius 1 is 0.909 bits per heavy atom. The van der Waals surface area contributed by atoms with Crippen LogP contribution in [0.1, 0.15) is 31.2 Å². The topological polar surface area (TPSA) is 62.6 Å². The number of hydrogen-bond donors (Lipinski definition) is 0. The zero-order chi connectivity index (χ0) is 22.8. The van der Waals surface area contributed by atoms with Crippen molar-refractivity contribution in [2.45, 2.75) is 32.2 Å². The highest BCUT2D eigenvalue weighted by Gasteiger charge is 2.36. The Balaban J connectivity index is 1.44. The van der Waals surface area contributed by atoms with E-state index in [-0.39, 0.29) is 23.6 Å². The first-order valence-corrected chi connectivity index (χ1v) is 12.1. The number of rotatable bonds is 4. The molecule has 3 aromatic rings. The minimum Gasteiger partial charge on any atom is -0.341 e. The first-order chi connectivity index (χ1) is 16.1. The summed E-state index contributed by atoms with van der Waals surface area (Å²) in [6, 6.07) is 16.8. The molecule has 1 aromatic heterocycles. The standard InChI is InChI=1S/C26H25N3O3S/c30-24(27-14-8-1-2-9-15-27)18-28-17-19(21-12-6-7-13-22(21)28)16-23-25(31)29(26(32)33-23)20-10-4-3-5-11-20/h3-7,10-13,16-17H,1-2,8-9,14-15,18H2/b23-16-. The van der Waals surface area contributed by atoms with Crippen LogP contribution in [0.25, 0.3) is 17.0 Å². The highest BCUT2D eigenvalue weighted by Crippen LogP contribution is 2.36. The van der Waals surface area contributed by atoms with Crippen LogP contribution < -0.4 is 4.90 Å². The highest BCUT2D eigenvalue weighted by molar-refractivity contribution is 8.19. The maximum absolute atomic E-state index is 13.0. The molecule has 2 aliphatic heterocycles. The van der Waals surface area contributed by atoms with Gasteiger partial charge in [-0.3, -0.25) is 14.4 Å². The maximum Gasteiger partial charge on any atom is 0.298 e. The number of nitrogens with zero attached hydrogens (tertiary/aromatic N) is 3. The molecule has 0 bridgehead atoms. The fourth-order valence-corrected chi connectivity index (χ4v) is 5.33. The molecule has 0 N–H and O–H groups in total. The molecular formula is C26H25N3O3S. The summed E-state index contributed by atoms with van der Waals surface area (Å²) in [7, 11) is 0. The van der Waals surface area contributed by atoms with Gasteiger partial charge in [0, 0.05) is 35.8 Å². The molecule has 2 saturated heterocycles. The van der Waals surface area contributed by atoms with Gasteiger partial charge in [0.25, 0.3) is 11.1 Å². The quantitative estimate of drug-likeness (QED) is 0.498. The number of carbonyl (C=O) groups excluding carboxylic acids is 3. The molecule has 33 heavy (non-hydrogen) atoms. The number of benzene rings is 2. The maximum atomic E-state index is 13.0. The number of carbonyl (C=O) groups is 3. The summed E-state index contributed by atoms with van der Waals surface area (Å²) in [6.07, 6.45) is 8.15. The smallest absolute Gasteiger partial charge is 0.298 e. The molecule has 0 atom stereocenters. The minimum absolute atomic E-state index is 0.119. The average molecular weight is 460 g/mol. The summed E-state index contributed by atoms with van der Waals surface area (Å²) in [5.74, 6) is -0.206. The third kappa shape index (κ3) is 4.33. The van der Waals surface area contributed by atoms with E-state index < -0.39 is 0 Å². The predicted molar refractivity (Wildman–Crippen MR) is 132 cm³/mol. The zero-order valence-corrected chi connectivity index (χ0v) is 19.1. The van der Waals surface area contributed by atoms with Gasteiger partial charge >= 0.3 is 0 Å². The Hall–Kier alpha value is -3.32. The predicted octanol–water partition coefficient (Wildman–Crippen LogP) is 5.28. The van der Waals surface area contributed by atoms with Gasteiger partial charge in [0.1, 0.15) is 6.54 Å². The Morgan fingerprint density at radius 2 is 1.61 bits per heavy atom. The number of likely N-dealkylation sites (tertiary alicyclic amines) is 1. The summed E-state index contributed by atoms with van der Waals surface area (Å²) in [5, 5.41) is 0.644. The molecule has 3 heterocycles. The second-order valence-corrected chi connectivity index (χ2v) is 9.37. The molecule has 7 heteroatoms. The highest BCUT2D eigenvalue weighted by atomic mass is 32.2. The SMILES string of the molecule is O=C(Cn1cc(/C=C2\SC(=O)N(c3ccccc3)C2=O)c2ccccc21)N1CCCCCC1. The first kappa shape index (κ1) is 21.5. The van der Waals surface area contributed by atoms with Crippen molar-refractivity contribution in [3.05, 3.63) is 71.3 Å². The van der Waals surface area contributed by atoms with E-state index in [9.17, 15) is 14.4 Å². The van der Waals surface area contributed by atoms with Gasteiger partial charge in [-0.05, 0) is 48.9 Å². The first-order valence-electron chi connectivity index (χ1n) is 11.3. The van der Waals surface area contributed by atoms with E-state index in [2.05, 4.69) is 0 Å². The van der Waals surface area contributed by atoms with Gasteiger partial charge < -0.3 is 9.47 Å². The van der Waals surface area contributed by atoms with Crippen LogP contribution in [0.4, 0.5) is 10.5 Å². The monoisotopic (exact) mass is 459 g/mol. The lowest BCUT2D eigenvalue weighted by atomic mass is 10.1. The van der Waals surface area contributed by atoms with E-state index in [0.29, 0.717) is 10.6 Å². The van der Waals surface area contributed by atoms with Gasteiger partial charge in [0.15, 0.2) is 0 Å². The Kier molecular flexibility index (Phi) is 6.05. The van der Waals surface area contributed by atoms with Crippen LogP contribution in [-0.2, 0) is 16.1 Å². The van der Waals surface area contributed by atoms with Crippen LogP contribution in [0.5, 0.6) is 0 Å². The minimum atomic E-state index is -0.325. The van der Waals surface area contributed by atoms with Gasteiger partial charge in [0.2, 0.25) is 5.91 Å². The fourth-order valence-electron chi connectivity index (χ4n) is 4.50. The number of para-hydroxylation sites is 2. The van der Waals surface area contributed by atoms with Gasteiger partial charge in [-0.1, -0.05) is 49.2 Å². The van der Waals surface area contributed by atoms with Gasteiger partial charge in [-0.15, -0.1) is 0 Å². The number of aromatic nitrogens is 1.